The summed E-state index contributed by atoms with van der Waals surface area (Å²) in [6, 6.07) is 6.48. The van der Waals surface area contributed by atoms with E-state index in [0.717, 1.165) is 38.5 Å². The maximum Gasteiger partial charge on any atom is 0.253 e. The summed E-state index contributed by atoms with van der Waals surface area (Å²) >= 11 is 0. The van der Waals surface area contributed by atoms with Gasteiger partial charge in [0.2, 0.25) is 10.0 Å². The molecular weight excluding hydrogens is 364 g/mol. The lowest BCUT2D eigenvalue weighted by Crippen LogP contribution is -2.61. The summed E-state index contributed by atoms with van der Waals surface area (Å²) in [5, 5.41) is 11.9. The first kappa shape index (κ1) is 18.3. The van der Waals surface area contributed by atoms with Crippen LogP contribution in [-0.4, -0.2) is 30.7 Å². The number of sulfonamides is 1. The number of hydrogen-bond acceptors (Lipinski definition) is 5. The second-order valence-electron chi connectivity index (χ2n) is 8.32. The first-order chi connectivity index (χ1) is 12.7. The SMILES string of the molecule is N#Cc1ccc(NS(=O)(=O)C2CC2)c(C(=O)NC23CCC(N)(CC2)CC3)c1. The van der Waals surface area contributed by atoms with Gasteiger partial charge in [0.15, 0.2) is 0 Å². The molecule has 0 saturated heterocycles. The first-order valence-electron chi connectivity index (χ1n) is 9.42. The van der Waals surface area contributed by atoms with E-state index >= 15 is 0 Å². The van der Waals surface area contributed by atoms with E-state index in [4.69, 9.17) is 5.73 Å². The second-order valence-corrected chi connectivity index (χ2v) is 10.3. The predicted octanol–water partition coefficient (Wildman–Crippen LogP) is 2.00. The van der Waals surface area contributed by atoms with Crippen molar-refractivity contribution in [3.05, 3.63) is 29.3 Å². The topological polar surface area (TPSA) is 125 Å². The number of nitrogens with zero attached hydrogens (tertiary/aromatic N) is 1. The van der Waals surface area contributed by atoms with E-state index in [-0.39, 0.29) is 28.2 Å². The van der Waals surface area contributed by atoms with Crippen LogP contribution in [0.5, 0.6) is 0 Å². The summed E-state index contributed by atoms with van der Waals surface area (Å²) < 4.78 is 27.2. The van der Waals surface area contributed by atoms with Crippen molar-refractivity contribution in [2.75, 3.05) is 4.72 Å². The van der Waals surface area contributed by atoms with Gasteiger partial charge >= 0.3 is 0 Å². The molecule has 0 atom stereocenters. The van der Waals surface area contributed by atoms with Crippen molar-refractivity contribution in [1.29, 1.82) is 5.26 Å². The highest BCUT2D eigenvalue weighted by atomic mass is 32.2. The Kier molecular flexibility index (Phi) is 4.20. The molecule has 0 aromatic heterocycles. The van der Waals surface area contributed by atoms with Crippen molar-refractivity contribution in [2.45, 2.75) is 67.7 Å². The van der Waals surface area contributed by atoms with E-state index in [1.807, 2.05) is 6.07 Å². The smallest absolute Gasteiger partial charge is 0.253 e. The Morgan fingerprint density at radius 3 is 2.33 bits per heavy atom. The number of carbonyl (C=O) groups is 1. The van der Waals surface area contributed by atoms with Crippen LogP contribution in [0.15, 0.2) is 18.2 Å². The Balaban J connectivity index is 1.59. The number of nitrogens with two attached hydrogens (primary N) is 1. The zero-order valence-corrected chi connectivity index (χ0v) is 15.9. The van der Waals surface area contributed by atoms with E-state index in [1.54, 1.807) is 0 Å². The molecule has 7 nitrogen and oxygen atoms in total. The Morgan fingerprint density at radius 1 is 1.15 bits per heavy atom. The highest BCUT2D eigenvalue weighted by Gasteiger charge is 2.47. The summed E-state index contributed by atoms with van der Waals surface area (Å²) in [6.45, 7) is 0. The third-order valence-electron chi connectivity index (χ3n) is 6.29. The van der Waals surface area contributed by atoms with Gasteiger partial charge in [-0.25, -0.2) is 8.42 Å². The van der Waals surface area contributed by atoms with Crippen LogP contribution in [0.2, 0.25) is 0 Å². The normalized spacial score (nSPS) is 29.8. The van der Waals surface area contributed by atoms with Crippen LogP contribution in [0.25, 0.3) is 0 Å². The molecule has 4 fully saturated rings. The van der Waals surface area contributed by atoms with Crippen molar-refractivity contribution >= 4 is 21.6 Å². The van der Waals surface area contributed by atoms with Crippen molar-refractivity contribution in [3.8, 4) is 6.07 Å². The van der Waals surface area contributed by atoms with Gasteiger partial charge in [0, 0.05) is 11.1 Å². The summed E-state index contributed by atoms with van der Waals surface area (Å²) in [6.07, 6.45) is 6.41. The molecule has 1 aromatic rings. The minimum absolute atomic E-state index is 0.0989. The Hall–Kier alpha value is -2.11. The number of nitriles is 1. The molecule has 5 rings (SSSR count). The molecule has 0 heterocycles. The van der Waals surface area contributed by atoms with Crippen molar-refractivity contribution in [3.63, 3.8) is 0 Å². The van der Waals surface area contributed by atoms with Gasteiger partial charge in [-0.2, -0.15) is 5.26 Å². The molecular formula is C19H24N4O3S. The Bertz CT molecular complexity index is 906. The molecule has 4 aliphatic rings. The first-order valence-corrected chi connectivity index (χ1v) is 11.0. The zero-order valence-electron chi connectivity index (χ0n) is 15.1. The van der Waals surface area contributed by atoms with Crippen LogP contribution < -0.4 is 15.8 Å². The molecule has 0 unspecified atom stereocenters. The minimum atomic E-state index is -3.50. The molecule has 4 aliphatic carbocycles. The largest absolute Gasteiger partial charge is 0.347 e. The summed E-state index contributed by atoms with van der Waals surface area (Å²) in [5.74, 6) is -0.341. The van der Waals surface area contributed by atoms with E-state index in [1.165, 1.54) is 18.2 Å². The second kappa shape index (κ2) is 6.21. The Labute approximate surface area is 159 Å². The molecule has 27 heavy (non-hydrogen) atoms. The van der Waals surface area contributed by atoms with Gasteiger partial charge in [-0.15, -0.1) is 0 Å². The van der Waals surface area contributed by atoms with Crippen LogP contribution in [0.3, 0.4) is 0 Å². The number of rotatable bonds is 5. The van der Waals surface area contributed by atoms with Crippen molar-refractivity contribution in [1.82, 2.24) is 5.32 Å². The summed E-state index contributed by atoms with van der Waals surface area (Å²) in [4.78, 5) is 13.0. The van der Waals surface area contributed by atoms with Gasteiger partial charge in [0.25, 0.3) is 5.91 Å². The fraction of sp³-hybridized carbons (Fsp3) is 0.579. The predicted molar refractivity (Wildman–Crippen MR) is 102 cm³/mol. The van der Waals surface area contributed by atoms with Crippen LogP contribution in [0, 0.1) is 11.3 Å². The quantitative estimate of drug-likeness (QED) is 0.711. The maximum absolute atomic E-state index is 13.0. The molecule has 144 valence electrons. The average molecular weight is 388 g/mol. The van der Waals surface area contributed by atoms with Crippen LogP contribution in [0.1, 0.15) is 67.3 Å². The van der Waals surface area contributed by atoms with Crippen LogP contribution in [0.4, 0.5) is 5.69 Å². The van der Waals surface area contributed by atoms with Gasteiger partial charge in [-0.1, -0.05) is 0 Å². The molecule has 4 saturated carbocycles. The lowest BCUT2D eigenvalue weighted by molar-refractivity contribution is 0.0629. The van der Waals surface area contributed by atoms with Crippen LogP contribution >= 0.6 is 0 Å². The van der Waals surface area contributed by atoms with E-state index < -0.39 is 15.3 Å². The highest BCUT2D eigenvalue weighted by molar-refractivity contribution is 7.93. The van der Waals surface area contributed by atoms with Gasteiger partial charge in [0.05, 0.1) is 28.1 Å². The molecule has 8 heteroatoms. The monoisotopic (exact) mass is 388 g/mol. The zero-order chi connectivity index (χ0) is 19.3. The fourth-order valence-electron chi connectivity index (χ4n) is 4.22. The average Bonchev–Trinajstić information content (AvgIpc) is 3.49. The van der Waals surface area contributed by atoms with E-state index in [0.29, 0.717) is 18.4 Å². The van der Waals surface area contributed by atoms with Gasteiger partial charge in [-0.05, 0) is 69.6 Å². The fourth-order valence-corrected chi connectivity index (χ4v) is 5.62. The molecule has 1 amide bonds. The van der Waals surface area contributed by atoms with Gasteiger partial charge < -0.3 is 11.1 Å². The van der Waals surface area contributed by atoms with Gasteiger partial charge in [-0.3, -0.25) is 9.52 Å². The number of benzene rings is 1. The number of nitrogens with one attached hydrogen (secondary N) is 2. The standard InChI is InChI=1S/C19H24N4O3S/c20-12-13-1-4-16(23-27(25,26)14-2-3-14)15(11-13)17(24)22-19-8-5-18(21,6-9-19)7-10-19/h1,4,11,14,23H,2-3,5-10,21H2,(H,22,24). The molecule has 4 N–H and O–H groups in total. The molecule has 2 bridgehead atoms. The minimum Gasteiger partial charge on any atom is -0.347 e. The lowest BCUT2D eigenvalue weighted by atomic mass is 9.62. The van der Waals surface area contributed by atoms with Crippen LogP contribution in [-0.2, 0) is 10.0 Å². The van der Waals surface area contributed by atoms with Crippen molar-refractivity contribution in [2.24, 2.45) is 5.73 Å². The number of fused-ring (bicyclic) bond motifs is 3. The maximum atomic E-state index is 13.0. The summed E-state index contributed by atoms with van der Waals surface area (Å²) in [5.41, 5.74) is 6.70. The third-order valence-corrected chi connectivity index (χ3v) is 8.15. The van der Waals surface area contributed by atoms with Crippen molar-refractivity contribution < 1.29 is 13.2 Å². The number of amides is 1. The number of hydrogen-bond donors (Lipinski definition) is 3. The Morgan fingerprint density at radius 2 is 1.78 bits per heavy atom. The highest BCUT2D eigenvalue weighted by Crippen LogP contribution is 2.45. The number of carbonyl (C=O) groups excluding carboxylic acids is 1. The molecule has 0 radical (unpaired) electrons. The van der Waals surface area contributed by atoms with E-state index in [2.05, 4.69) is 10.0 Å². The number of anilines is 1. The lowest BCUT2D eigenvalue weighted by Gasteiger charge is -2.52. The summed E-state index contributed by atoms with van der Waals surface area (Å²) in [7, 11) is -3.50. The van der Waals surface area contributed by atoms with E-state index in [9.17, 15) is 18.5 Å². The third kappa shape index (κ3) is 3.54. The molecule has 0 spiro atoms. The molecule has 1 aromatic carbocycles. The van der Waals surface area contributed by atoms with Gasteiger partial charge in [0.1, 0.15) is 0 Å². The molecule has 0 aliphatic heterocycles.